The summed E-state index contributed by atoms with van der Waals surface area (Å²) >= 11 is 5.78. The quantitative estimate of drug-likeness (QED) is 0.808. The molecule has 0 spiro atoms. The molecule has 2 rings (SSSR count). The van der Waals surface area contributed by atoms with E-state index in [9.17, 15) is 13.2 Å². The standard InChI is InChI=1S/C14H13ClF3N4/c15-10-7-9(14(16,17)18)8-22-13(10)21-6-5-20-12-4-2-1-3-11(12)19/h1-4,7-8,19-20H,5-6H2,(H,21,22). The highest BCUT2D eigenvalue weighted by Crippen LogP contribution is 2.32. The lowest BCUT2D eigenvalue weighted by atomic mass is 10.2. The van der Waals surface area contributed by atoms with Crippen LogP contribution in [0.4, 0.5) is 30.4 Å². The van der Waals surface area contributed by atoms with Gasteiger partial charge in [0.25, 0.3) is 0 Å². The Labute approximate surface area is 130 Å². The predicted octanol–water partition coefficient (Wildman–Crippen LogP) is 4.19. The van der Waals surface area contributed by atoms with Gasteiger partial charge in [0.15, 0.2) is 0 Å². The minimum atomic E-state index is -4.46. The molecule has 22 heavy (non-hydrogen) atoms. The topological polar surface area (TPSA) is 60.8 Å². The first-order chi connectivity index (χ1) is 10.4. The van der Waals surface area contributed by atoms with E-state index in [0.717, 1.165) is 12.3 Å². The number of hydrogen-bond acceptors (Lipinski definition) is 3. The Balaban J connectivity index is 1.89. The summed E-state index contributed by atoms with van der Waals surface area (Å²) in [6.45, 7) is 0.862. The Morgan fingerprint density at radius 3 is 2.45 bits per heavy atom. The van der Waals surface area contributed by atoms with Crippen molar-refractivity contribution < 1.29 is 13.2 Å². The van der Waals surface area contributed by atoms with E-state index in [-0.39, 0.29) is 10.8 Å². The summed E-state index contributed by atoms with van der Waals surface area (Å²) in [4.78, 5) is 3.68. The minimum Gasteiger partial charge on any atom is -0.382 e. The molecule has 0 saturated carbocycles. The van der Waals surface area contributed by atoms with Gasteiger partial charge in [0.2, 0.25) is 0 Å². The van der Waals surface area contributed by atoms with E-state index in [2.05, 4.69) is 15.6 Å². The molecule has 0 amide bonds. The van der Waals surface area contributed by atoms with E-state index >= 15 is 0 Å². The Hall–Kier alpha value is -2.15. The highest BCUT2D eigenvalue weighted by molar-refractivity contribution is 6.32. The lowest BCUT2D eigenvalue weighted by Crippen LogP contribution is -2.15. The van der Waals surface area contributed by atoms with Crippen molar-refractivity contribution in [3.8, 4) is 0 Å². The smallest absolute Gasteiger partial charge is 0.382 e. The van der Waals surface area contributed by atoms with Gasteiger partial charge in [-0.1, -0.05) is 23.7 Å². The van der Waals surface area contributed by atoms with Crippen LogP contribution in [0.15, 0.2) is 36.5 Å². The van der Waals surface area contributed by atoms with Gasteiger partial charge in [0.05, 0.1) is 22.0 Å². The van der Waals surface area contributed by atoms with Crippen LogP contribution in [-0.2, 0) is 6.18 Å². The molecule has 4 nitrogen and oxygen atoms in total. The number of hydrogen-bond donors (Lipinski definition) is 2. The summed E-state index contributed by atoms with van der Waals surface area (Å²) in [5.41, 5.74) is 7.82. The molecule has 2 aromatic rings. The van der Waals surface area contributed by atoms with Crippen LogP contribution in [0.5, 0.6) is 0 Å². The largest absolute Gasteiger partial charge is 0.417 e. The molecule has 8 heteroatoms. The molecule has 117 valence electrons. The fourth-order valence-corrected chi connectivity index (χ4v) is 1.97. The Kier molecular flexibility index (Phi) is 4.97. The van der Waals surface area contributed by atoms with Crippen molar-refractivity contribution >= 4 is 28.8 Å². The van der Waals surface area contributed by atoms with Crippen LogP contribution >= 0.6 is 11.6 Å². The monoisotopic (exact) mass is 329 g/mol. The molecule has 0 atom stereocenters. The number of alkyl halides is 3. The predicted molar refractivity (Wildman–Crippen MR) is 80.4 cm³/mol. The summed E-state index contributed by atoms with van der Waals surface area (Å²) in [5, 5.41) is 5.80. The zero-order chi connectivity index (χ0) is 16.2. The maximum Gasteiger partial charge on any atom is 0.417 e. The number of benzene rings is 1. The molecule has 1 radical (unpaired) electrons. The first kappa shape index (κ1) is 16.2. The summed E-state index contributed by atoms with van der Waals surface area (Å²) in [5.74, 6) is 0.190. The number of para-hydroxylation sites is 1. The molecule has 1 aromatic heterocycles. The summed E-state index contributed by atoms with van der Waals surface area (Å²) in [7, 11) is 0. The molecule has 0 fully saturated rings. The normalized spacial score (nSPS) is 11.3. The lowest BCUT2D eigenvalue weighted by Gasteiger charge is -2.12. The third kappa shape index (κ3) is 4.17. The average molecular weight is 330 g/mol. The lowest BCUT2D eigenvalue weighted by molar-refractivity contribution is -0.137. The second-order valence-electron chi connectivity index (χ2n) is 4.45. The summed E-state index contributed by atoms with van der Waals surface area (Å²) in [6, 6.07) is 7.83. The Morgan fingerprint density at radius 1 is 1.14 bits per heavy atom. The van der Waals surface area contributed by atoms with Gasteiger partial charge in [-0.25, -0.2) is 4.98 Å². The number of nitrogens with zero attached hydrogens (tertiary/aromatic N) is 1. The number of halogens is 4. The van der Waals surface area contributed by atoms with Crippen LogP contribution in [0.3, 0.4) is 0 Å². The van der Waals surface area contributed by atoms with Crippen LogP contribution in [0.1, 0.15) is 5.56 Å². The third-order valence-electron chi connectivity index (χ3n) is 2.83. The van der Waals surface area contributed by atoms with Crippen molar-refractivity contribution in [2.75, 3.05) is 23.7 Å². The first-order valence-electron chi connectivity index (χ1n) is 6.39. The molecule has 1 heterocycles. The molecular weight excluding hydrogens is 317 g/mol. The van der Waals surface area contributed by atoms with Gasteiger partial charge in [0.1, 0.15) is 5.82 Å². The molecule has 0 aliphatic carbocycles. The SMILES string of the molecule is [NH]c1ccccc1NCCNc1ncc(C(F)(F)F)cc1Cl. The van der Waals surface area contributed by atoms with Gasteiger partial charge in [-0.15, -0.1) is 0 Å². The Bertz CT molecular complexity index is 646. The van der Waals surface area contributed by atoms with E-state index in [1.54, 1.807) is 18.2 Å². The van der Waals surface area contributed by atoms with Gasteiger partial charge in [-0.05, 0) is 18.2 Å². The second-order valence-corrected chi connectivity index (χ2v) is 4.86. The summed E-state index contributed by atoms with van der Waals surface area (Å²) < 4.78 is 37.5. The van der Waals surface area contributed by atoms with Crippen molar-refractivity contribution in [3.05, 3.63) is 47.1 Å². The zero-order valence-electron chi connectivity index (χ0n) is 11.3. The molecular formula is C14H13ClF3N4. The number of anilines is 2. The molecule has 0 bridgehead atoms. The van der Waals surface area contributed by atoms with Crippen LogP contribution in [-0.4, -0.2) is 18.1 Å². The number of rotatable bonds is 5. The van der Waals surface area contributed by atoms with Gasteiger partial charge in [-0.2, -0.15) is 13.2 Å². The zero-order valence-corrected chi connectivity index (χ0v) is 12.1. The number of pyridine rings is 1. The number of nitrogens with one attached hydrogen (secondary N) is 3. The van der Waals surface area contributed by atoms with E-state index in [1.807, 2.05) is 6.07 Å². The average Bonchev–Trinajstić information content (AvgIpc) is 2.45. The fourth-order valence-electron chi connectivity index (χ4n) is 1.74. The fraction of sp³-hybridized carbons (Fsp3) is 0.214. The highest BCUT2D eigenvalue weighted by Gasteiger charge is 2.31. The maximum absolute atomic E-state index is 12.5. The van der Waals surface area contributed by atoms with Crippen molar-refractivity contribution in [1.29, 1.82) is 0 Å². The van der Waals surface area contributed by atoms with E-state index < -0.39 is 11.7 Å². The van der Waals surface area contributed by atoms with Gasteiger partial charge in [0, 0.05) is 19.3 Å². The van der Waals surface area contributed by atoms with Crippen LogP contribution < -0.4 is 16.4 Å². The molecule has 1 aromatic carbocycles. The van der Waals surface area contributed by atoms with Gasteiger partial charge >= 0.3 is 6.18 Å². The third-order valence-corrected chi connectivity index (χ3v) is 3.12. The van der Waals surface area contributed by atoms with E-state index in [0.29, 0.717) is 24.5 Å². The van der Waals surface area contributed by atoms with Crippen molar-refractivity contribution in [3.63, 3.8) is 0 Å². The van der Waals surface area contributed by atoms with Gasteiger partial charge < -0.3 is 10.6 Å². The summed E-state index contributed by atoms with van der Waals surface area (Å²) in [6.07, 6.45) is -3.73. The van der Waals surface area contributed by atoms with Crippen LogP contribution in [0.2, 0.25) is 5.02 Å². The van der Waals surface area contributed by atoms with Crippen LogP contribution in [0.25, 0.3) is 0 Å². The maximum atomic E-state index is 12.5. The minimum absolute atomic E-state index is 0.0873. The molecule has 0 saturated heterocycles. The van der Waals surface area contributed by atoms with Crippen molar-refractivity contribution in [2.24, 2.45) is 0 Å². The number of aromatic nitrogens is 1. The molecule has 0 aliphatic rings. The first-order valence-corrected chi connectivity index (χ1v) is 6.77. The molecule has 0 aliphatic heterocycles. The van der Waals surface area contributed by atoms with Crippen LogP contribution in [0, 0.1) is 0 Å². The van der Waals surface area contributed by atoms with Crippen molar-refractivity contribution in [1.82, 2.24) is 10.7 Å². The molecule has 3 N–H and O–H groups in total. The van der Waals surface area contributed by atoms with Crippen molar-refractivity contribution in [2.45, 2.75) is 6.18 Å². The van der Waals surface area contributed by atoms with E-state index in [1.165, 1.54) is 0 Å². The van der Waals surface area contributed by atoms with E-state index in [4.69, 9.17) is 17.3 Å². The Morgan fingerprint density at radius 2 is 1.82 bits per heavy atom. The highest BCUT2D eigenvalue weighted by atomic mass is 35.5. The van der Waals surface area contributed by atoms with Gasteiger partial charge in [-0.3, -0.25) is 5.73 Å². The molecule has 0 unspecified atom stereocenters. The second kappa shape index (κ2) is 6.74.